The number of carbonyl (C=O) groups excluding carboxylic acids is 1. The Balaban J connectivity index is 2.16. The number of benzene rings is 1. The number of hydrogen-bond acceptors (Lipinski definition) is 2. The molecule has 0 heterocycles. The first-order chi connectivity index (χ1) is 9.90. The molecule has 0 aliphatic heterocycles. The fourth-order valence-corrected chi connectivity index (χ4v) is 3.42. The van der Waals surface area contributed by atoms with Gasteiger partial charge < -0.3 is 4.74 Å². The molecule has 0 amide bonds. The number of rotatable bonds is 3. The molecule has 2 atom stereocenters. The minimum atomic E-state index is -0.404. The van der Waals surface area contributed by atoms with Gasteiger partial charge in [0.15, 0.2) is 0 Å². The molecule has 1 fully saturated rings. The van der Waals surface area contributed by atoms with Gasteiger partial charge in [-0.25, -0.2) is 0 Å². The lowest BCUT2D eigenvalue weighted by Crippen LogP contribution is -2.33. The summed E-state index contributed by atoms with van der Waals surface area (Å²) in [7, 11) is 0. The Labute approximate surface area is 136 Å². The van der Waals surface area contributed by atoms with Crippen LogP contribution in [0.2, 0.25) is 0 Å². The molecule has 1 aromatic carbocycles. The number of esters is 1. The highest BCUT2D eigenvalue weighted by atomic mass is 79.9. The van der Waals surface area contributed by atoms with E-state index in [-0.39, 0.29) is 11.9 Å². The van der Waals surface area contributed by atoms with Crippen molar-refractivity contribution in [3.05, 3.63) is 35.4 Å². The van der Waals surface area contributed by atoms with E-state index in [0.29, 0.717) is 5.92 Å². The van der Waals surface area contributed by atoms with Crippen molar-refractivity contribution in [1.82, 2.24) is 0 Å². The van der Waals surface area contributed by atoms with Crippen LogP contribution in [0, 0.1) is 5.92 Å². The highest BCUT2D eigenvalue weighted by Gasteiger charge is 2.34. The molecule has 1 aliphatic rings. The Morgan fingerprint density at radius 2 is 1.81 bits per heavy atom. The minimum Gasteiger partial charge on any atom is -0.460 e. The number of alkyl halides is 1. The Bertz CT molecular complexity index is 473. The third-order valence-corrected chi connectivity index (χ3v) is 4.69. The Morgan fingerprint density at radius 1 is 1.19 bits per heavy atom. The van der Waals surface area contributed by atoms with Gasteiger partial charge >= 0.3 is 5.97 Å². The molecule has 21 heavy (non-hydrogen) atoms. The van der Waals surface area contributed by atoms with Gasteiger partial charge in [-0.1, -0.05) is 53.0 Å². The Morgan fingerprint density at radius 3 is 2.38 bits per heavy atom. The lowest BCUT2D eigenvalue weighted by Gasteiger charge is -2.32. The molecule has 0 bridgehead atoms. The molecule has 2 rings (SSSR count). The van der Waals surface area contributed by atoms with Gasteiger partial charge in [0.1, 0.15) is 5.60 Å². The van der Waals surface area contributed by atoms with Crippen LogP contribution < -0.4 is 0 Å². The summed E-state index contributed by atoms with van der Waals surface area (Å²) in [6.45, 7) is 5.81. The van der Waals surface area contributed by atoms with Crippen LogP contribution in [-0.4, -0.2) is 11.6 Å². The largest absolute Gasteiger partial charge is 0.460 e. The van der Waals surface area contributed by atoms with Crippen LogP contribution >= 0.6 is 15.9 Å². The summed E-state index contributed by atoms with van der Waals surface area (Å²) >= 11 is 3.47. The van der Waals surface area contributed by atoms with Crippen molar-refractivity contribution in [2.24, 2.45) is 5.92 Å². The summed E-state index contributed by atoms with van der Waals surface area (Å²) in [5.74, 6) is 0.280. The van der Waals surface area contributed by atoms with Gasteiger partial charge in [0.05, 0.1) is 5.92 Å². The molecule has 0 aromatic heterocycles. The number of halogens is 1. The van der Waals surface area contributed by atoms with Crippen LogP contribution in [0.15, 0.2) is 24.3 Å². The second kappa shape index (κ2) is 6.95. The average Bonchev–Trinajstić information content (AvgIpc) is 2.45. The zero-order valence-corrected chi connectivity index (χ0v) is 14.8. The van der Waals surface area contributed by atoms with Crippen LogP contribution in [0.25, 0.3) is 0 Å². The molecule has 1 aliphatic carbocycles. The first-order valence-corrected chi connectivity index (χ1v) is 8.90. The SMILES string of the molecule is CC(C)(C)OC(=O)[C@@H]1CCCCC1c1ccc(CBr)cc1. The second-order valence-corrected chi connectivity index (χ2v) is 7.47. The van der Waals surface area contributed by atoms with E-state index in [1.165, 1.54) is 17.5 Å². The molecule has 116 valence electrons. The van der Waals surface area contributed by atoms with Crippen LogP contribution in [0.4, 0.5) is 0 Å². The first kappa shape index (κ1) is 16.5. The molecule has 2 nitrogen and oxygen atoms in total. The van der Waals surface area contributed by atoms with Crippen molar-refractivity contribution in [3.63, 3.8) is 0 Å². The van der Waals surface area contributed by atoms with Crippen molar-refractivity contribution in [2.45, 2.75) is 63.3 Å². The van der Waals surface area contributed by atoms with E-state index in [0.717, 1.165) is 24.6 Å². The molecule has 1 saturated carbocycles. The molecular formula is C18H25BrO2. The summed E-state index contributed by atoms with van der Waals surface area (Å²) in [6, 6.07) is 8.63. The van der Waals surface area contributed by atoms with Crippen molar-refractivity contribution in [3.8, 4) is 0 Å². The summed E-state index contributed by atoms with van der Waals surface area (Å²) in [6.07, 6.45) is 4.35. The van der Waals surface area contributed by atoms with E-state index >= 15 is 0 Å². The molecule has 0 N–H and O–H groups in total. The standard InChI is InChI=1S/C18H25BrO2/c1-18(2,3)21-17(20)16-7-5-4-6-15(16)14-10-8-13(12-19)9-11-14/h8-11,15-16H,4-7,12H2,1-3H3/t15?,16-/m1/s1. The van der Waals surface area contributed by atoms with E-state index in [1.807, 2.05) is 20.8 Å². The minimum absolute atomic E-state index is 0.00722. The summed E-state index contributed by atoms with van der Waals surface area (Å²) in [4.78, 5) is 12.5. The third-order valence-electron chi connectivity index (χ3n) is 4.04. The van der Waals surface area contributed by atoms with Gasteiger partial charge in [-0.15, -0.1) is 0 Å². The van der Waals surface area contributed by atoms with Gasteiger partial charge in [-0.05, 0) is 50.7 Å². The van der Waals surface area contributed by atoms with Gasteiger partial charge in [0.2, 0.25) is 0 Å². The molecule has 0 spiro atoms. The van der Waals surface area contributed by atoms with E-state index in [1.54, 1.807) is 0 Å². The van der Waals surface area contributed by atoms with Crippen LogP contribution in [-0.2, 0) is 14.9 Å². The lowest BCUT2D eigenvalue weighted by atomic mass is 9.75. The zero-order chi connectivity index (χ0) is 15.5. The highest BCUT2D eigenvalue weighted by molar-refractivity contribution is 9.08. The lowest BCUT2D eigenvalue weighted by molar-refractivity contribution is -0.161. The molecule has 1 aromatic rings. The zero-order valence-electron chi connectivity index (χ0n) is 13.2. The maximum Gasteiger partial charge on any atom is 0.310 e. The third kappa shape index (κ3) is 4.57. The second-order valence-electron chi connectivity index (χ2n) is 6.91. The fourth-order valence-electron chi connectivity index (χ4n) is 3.04. The van der Waals surface area contributed by atoms with Gasteiger partial charge in [0.25, 0.3) is 0 Å². The van der Waals surface area contributed by atoms with E-state index in [9.17, 15) is 4.79 Å². The van der Waals surface area contributed by atoms with Gasteiger partial charge in [0, 0.05) is 5.33 Å². The Hall–Kier alpha value is -0.830. The van der Waals surface area contributed by atoms with Gasteiger partial charge in [-0.2, -0.15) is 0 Å². The monoisotopic (exact) mass is 352 g/mol. The number of carbonyl (C=O) groups is 1. The summed E-state index contributed by atoms with van der Waals surface area (Å²) < 4.78 is 5.63. The van der Waals surface area contributed by atoms with E-state index < -0.39 is 5.60 Å². The molecule has 0 radical (unpaired) electrons. The smallest absolute Gasteiger partial charge is 0.310 e. The average molecular weight is 353 g/mol. The number of ether oxygens (including phenoxy) is 1. The summed E-state index contributed by atoms with van der Waals surface area (Å²) in [5, 5.41) is 0.868. The quantitative estimate of drug-likeness (QED) is 0.552. The Kier molecular flexibility index (Phi) is 5.48. The molecule has 0 saturated heterocycles. The van der Waals surface area contributed by atoms with Crippen LogP contribution in [0.5, 0.6) is 0 Å². The summed E-state index contributed by atoms with van der Waals surface area (Å²) in [5.41, 5.74) is 2.14. The van der Waals surface area contributed by atoms with Crippen LogP contribution in [0.1, 0.15) is 63.5 Å². The van der Waals surface area contributed by atoms with Crippen LogP contribution in [0.3, 0.4) is 0 Å². The van der Waals surface area contributed by atoms with Crippen molar-refractivity contribution in [1.29, 1.82) is 0 Å². The normalized spacial score (nSPS) is 22.9. The highest BCUT2D eigenvalue weighted by Crippen LogP contribution is 2.39. The maximum absolute atomic E-state index is 12.5. The first-order valence-electron chi connectivity index (χ1n) is 7.78. The topological polar surface area (TPSA) is 26.3 Å². The molecule has 3 heteroatoms. The van der Waals surface area contributed by atoms with Crippen molar-refractivity contribution in [2.75, 3.05) is 0 Å². The predicted octanol–water partition coefficient (Wildman–Crippen LogP) is 5.20. The maximum atomic E-state index is 12.5. The van der Waals surface area contributed by atoms with E-state index in [2.05, 4.69) is 40.2 Å². The number of hydrogen-bond donors (Lipinski definition) is 0. The predicted molar refractivity (Wildman–Crippen MR) is 89.6 cm³/mol. The van der Waals surface area contributed by atoms with Gasteiger partial charge in [-0.3, -0.25) is 4.79 Å². The molecule has 1 unspecified atom stereocenters. The van der Waals surface area contributed by atoms with Crippen molar-refractivity contribution >= 4 is 21.9 Å². The fraction of sp³-hybridized carbons (Fsp3) is 0.611. The molecular weight excluding hydrogens is 328 g/mol. The van der Waals surface area contributed by atoms with E-state index in [4.69, 9.17) is 4.74 Å². The van der Waals surface area contributed by atoms with Crippen molar-refractivity contribution < 1.29 is 9.53 Å².